The van der Waals surface area contributed by atoms with Gasteiger partial charge >= 0.3 is 0 Å². The predicted octanol–water partition coefficient (Wildman–Crippen LogP) is 1.67. The number of carbonyl (C=O) groups is 1. The normalized spacial score (nSPS) is 10.3. The van der Waals surface area contributed by atoms with Crippen LogP contribution in [0.1, 0.15) is 18.9 Å². The zero-order chi connectivity index (χ0) is 14.3. The van der Waals surface area contributed by atoms with Crippen LogP contribution in [0.4, 0.5) is 0 Å². The summed E-state index contributed by atoms with van der Waals surface area (Å²) in [5.41, 5.74) is 0.639. The smallest absolute Gasteiger partial charge is 0.221 e. The molecule has 106 valence electrons. The molecule has 1 aromatic rings. The van der Waals surface area contributed by atoms with Crippen LogP contribution < -0.4 is 15.4 Å². The maximum absolute atomic E-state index is 11.2. The Bertz CT molecular complexity index is 438. The fourth-order valence-electron chi connectivity index (χ4n) is 1.63. The lowest BCUT2D eigenvalue weighted by Gasteiger charge is -2.10. The van der Waals surface area contributed by atoms with E-state index in [0.29, 0.717) is 42.4 Å². The second kappa shape index (κ2) is 7.86. The van der Waals surface area contributed by atoms with Crippen LogP contribution in [0.25, 0.3) is 0 Å². The third-order valence-corrected chi connectivity index (χ3v) is 2.78. The molecule has 0 aliphatic rings. The lowest BCUT2D eigenvalue weighted by molar-refractivity contribution is -0.120. The van der Waals surface area contributed by atoms with E-state index >= 15 is 0 Å². The van der Waals surface area contributed by atoms with Gasteiger partial charge in [-0.15, -0.1) is 0 Å². The number of phenolic OH excluding ortho intramolecular Hbond substituents is 1. The fraction of sp³-hybridized carbons (Fsp3) is 0.462. The van der Waals surface area contributed by atoms with Crippen LogP contribution in [-0.4, -0.2) is 31.2 Å². The standard InChI is InChI=1S/C13H19ClN2O3/c1-3-16-12(17)4-5-15-8-9-6-10(14)7-11(19-2)13(9)18/h6-7,15,18H,3-5,8H2,1-2H3,(H,16,17). The monoisotopic (exact) mass is 286 g/mol. The molecule has 1 aromatic carbocycles. The number of aromatic hydroxyl groups is 1. The molecule has 1 amide bonds. The van der Waals surface area contributed by atoms with E-state index in [4.69, 9.17) is 16.3 Å². The van der Waals surface area contributed by atoms with Crippen molar-refractivity contribution in [2.45, 2.75) is 19.9 Å². The van der Waals surface area contributed by atoms with Gasteiger partial charge in [-0.1, -0.05) is 11.6 Å². The molecule has 3 N–H and O–H groups in total. The summed E-state index contributed by atoms with van der Waals surface area (Å²) in [6.45, 7) is 3.45. The number of nitrogens with one attached hydrogen (secondary N) is 2. The molecule has 19 heavy (non-hydrogen) atoms. The second-order valence-electron chi connectivity index (χ2n) is 4.00. The van der Waals surface area contributed by atoms with Gasteiger partial charge in [0.25, 0.3) is 0 Å². The van der Waals surface area contributed by atoms with Gasteiger partial charge in [0, 0.05) is 42.7 Å². The van der Waals surface area contributed by atoms with E-state index in [9.17, 15) is 9.90 Å². The van der Waals surface area contributed by atoms with Gasteiger partial charge in [0.15, 0.2) is 11.5 Å². The van der Waals surface area contributed by atoms with Gasteiger partial charge in [0.2, 0.25) is 5.91 Å². The topological polar surface area (TPSA) is 70.6 Å². The number of benzene rings is 1. The van der Waals surface area contributed by atoms with Crippen molar-refractivity contribution in [3.63, 3.8) is 0 Å². The summed E-state index contributed by atoms with van der Waals surface area (Å²) >= 11 is 5.92. The Kier molecular flexibility index (Phi) is 6.45. The molecule has 0 aromatic heterocycles. The highest BCUT2D eigenvalue weighted by Gasteiger charge is 2.09. The second-order valence-corrected chi connectivity index (χ2v) is 4.43. The number of ether oxygens (including phenoxy) is 1. The van der Waals surface area contributed by atoms with E-state index in [0.717, 1.165) is 0 Å². The molecular weight excluding hydrogens is 268 g/mol. The van der Waals surface area contributed by atoms with Gasteiger partial charge in [-0.05, 0) is 13.0 Å². The maximum atomic E-state index is 11.2. The summed E-state index contributed by atoms with van der Waals surface area (Å²) in [6, 6.07) is 3.22. The molecule has 1 rings (SSSR count). The van der Waals surface area contributed by atoms with Crippen LogP contribution in [0, 0.1) is 0 Å². The van der Waals surface area contributed by atoms with E-state index in [-0.39, 0.29) is 11.7 Å². The number of methoxy groups -OCH3 is 1. The molecule has 0 radical (unpaired) electrons. The first kappa shape index (κ1) is 15.6. The highest BCUT2D eigenvalue weighted by molar-refractivity contribution is 6.30. The van der Waals surface area contributed by atoms with E-state index in [1.807, 2.05) is 6.92 Å². The van der Waals surface area contributed by atoms with Crippen molar-refractivity contribution >= 4 is 17.5 Å². The van der Waals surface area contributed by atoms with E-state index in [1.165, 1.54) is 7.11 Å². The third-order valence-electron chi connectivity index (χ3n) is 2.56. The Balaban J connectivity index is 2.49. The fourth-order valence-corrected chi connectivity index (χ4v) is 1.86. The van der Waals surface area contributed by atoms with Crippen LogP contribution in [-0.2, 0) is 11.3 Å². The minimum Gasteiger partial charge on any atom is -0.504 e. The largest absolute Gasteiger partial charge is 0.504 e. The van der Waals surface area contributed by atoms with E-state index < -0.39 is 0 Å². The van der Waals surface area contributed by atoms with Crippen molar-refractivity contribution in [2.24, 2.45) is 0 Å². The predicted molar refractivity (Wildman–Crippen MR) is 74.7 cm³/mol. The first-order chi connectivity index (χ1) is 9.08. The summed E-state index contributed by atoms with van der Waals surface area (Å²) in [5.74, 6) is 0.410. The van der Waals surface area contributed by atoms with Crippen LogP contribution in [0.5, 0.6) is 11.5 Å². The molecule has 0 atom stereocenters. The van der Waals surface area contributed by atoms with Crippen LogP contribution >= 0.6 is 11.6 Å². The van der Waals surface area contributed by atoms with E-state index in [2.05, 4.69) is 10.6 Å². The van der Waals surface area contributed by atoms with E-state index in [1.54, 1.807) is 12.1 Å². The zero-order valence-corrected chi connectivity index (χ0v) is 11.9. The molecule has 0 saturated carbocycles. The molecule has 0 bridgehead atoms. The lowest BCUT2D eigenvalue weighted by Crippen LogP contribution is -2.27. The Morgan fingerprint density at radius 2 is 2.21 bits per heavy atom. The van der Waals surface area contributed by atoms with Crippen molar-refractivity contribution in [3.8, 4) is 11.5 Å². The molecule has 0 spiro atoms. The van der Waals surface area contributed by atoms with Gasteiger partial charge < -0.3 is 20.5 Å². The van der Waals surface area contributed by atoms with Gasteiger partial charge in [0.05, 0.1) is 7.11 Å². The number of hydrogen-bond donors (Lipinski definition) is 3. The average Bonchev–Trinajstić information content (AvgIpc) is 2.38. The molecule has 0 saturated heterocycles. The zero-order valence-electron chi connectivity index (χ0n) is 11.1. The summed E-state index contributed by atoms with van der Waals surface area (Å²) in [4.78, 5) is 11.2. The molecule has 0 fully saturated rings. The Morgan fingerprint density at radius 1 is 1.47 bits per heavy atom. The van der Waals surface area contributed by atoms with Crippen molar-refractivity contribution in [1.29, 1.82) is 0 Å². The summed E-state index contributed by atoms with van der Waals surface area (Å²) in [6.07, 6.45) is 0.395. The van der Waals surface area contributed by atoms with Crippen molar-refractivity contribution in [3.05, 3.63) is 22.7 Å². The van der Waals surface area contributed by atoms with Gasteiger partial charge in [0.1, 0.15) is 0 Å². The molecule has 0 aliphatic carbocycles. The Morgan fingerprint density at radius 3 is 2.84 bits per heavy atom. The third kappa shape index (κ3) is 4.96. The minimum atomic E-state index is 0.00268. The van der Waals surface area contributed by atoms with Crippen molar-refractivity contribution < 1.29 is 14.6 Å². The van der Waals surface area contributed by atoms with Gasteiger partial charge in [-0.2, -0.15) is 0 Å². The lowest BCUT2D eigenvalue weighted by atomic mass is 10.2. The molecule has 0 aliphatic heterocycles. The number of hydrogen-bond acceptors (Lipinski definition) is 4. The van der Waals surface area contributed by atoms with Gasteiger partial charge in [-0.3, -0.25) is 4.79 Å². The highest BCUT2D eigenvalue weighted by Crippen LogP contribution is 2.33. The summed E-state index contributed by atoms with van der Waals surface area (Å²) in [7, 11) is 1.47. The molecule has 6 heteroatoms. The van der Waals surface area contributed by atoms with Crippen LogP contribution in [0.3, 0.4) is 0 Å². The maximum Gasteiger partial charge on any atom is 0.221 e. The molecular formula is C13H19ClN2O3. The number of halogens is 1. The highest BCUT2D eigenvalue weighted by atomic mass is 35.5. The molecule has 0 heterocycles. The summed E-state index contributed by atoms with van der Waals surface area (Å²) < 4.78 is 5.02. The van der Waals surface area contributed by atoms with Crippen molar-refractivity contribution in [1.82, 2.24) is 10.6 Å². The number of phenols is 1. The number of carbonyl (C=O) groups excluding carboxylic acids is 1. The van der Waals surface area contributed by atoms with Gasteiger partial charge in [-0.25, -0.2) is 0 Å². The average molecular weight is 287 g/mol. The quantitative estimate of drug-likeness (QED) is 0.667. The van der Waals surface area contributed by atoms with Crippen molar-refractivity contribution in [2.75, 3.05) is 20.2 Å². The first-order valence-electron chi connectivity index (χ1n) is 6.11. The Hall–Kier alpha value is -1.46. The van der Waals surface area contributed by atoms with Crippen LogP contribution in [0.2, 0.25) is 5.02 Å². The minimum absolute atomic E-state index is 0.00268. The Labute approximate surface area is 117 Å². The first-order valence-corrected chi connectivity index (χ1v) is 6.49. The molecule has 0 unspecified atom stereocenters. The number of amides is 1. The SMILES string of the molecule is CCNC(=O)CCNCc1cc(Cl)cc(OC)c1O. The summed E-state index contributed by atoms with van der Waals surface area (Å²) in [5, 5.41) is 16.2. The number of rotatable bonds is 7. The molecule has 5 nitrogen and oxygen atoms in total. The van der Waals surface area contributed by atoms with Crippen LogP contribution in [0.15, 0.2) is 12.1 Å².